The minimum Gasteiger partial charge on any atom is -0.399 e. The number of anilines is 2. The molecule has 0 saturated carbocycles. The summed E-state index contributed by atoms with van der Waals surface area (Å²) in [6.07, 6.45) is 0. The molecule has 21 heavy (non-hydrogen) atoms. The molecule has 0 radical (unpaired) electrons. The van der Waals surface area contributed by atoms with Gasteiger partial charge in [-0.1, -0.05) is 0 Å². The molecule has 0 bridgehead atoms. The molecule has 0 unspecified atom stereocenters. The molecule has 0 aliphatic rings. The Balaban J connectivity index is 2.51. The smallest absolute Gasteiger partial charge is 0.262 e. The van der Waals surface area contributed by atoms with E-state index in [4.69, 9.17) is 5.73 Å². The molecule has 3 N–H and O–H groups in total. The molecule has 7 heteroatoms. The Hall–Kier alpha value is -2.15. The summed E-state index contributed by atoms with van der Waals surface area (Å²) in [7, 11) is -4.04. The molecule has 4 nitrogen and oxygen atoms in total. The van der Waals surface area contributed by atoms with E-state index in [1.54, 1.807) is 0 Å². The van der Waals surface area contributed by atoms with Crippen LogP contribution in [0.3, 0.4) is 0 Å². The summed E-state index contributed by atoms with van der Waals surface area (Å²) in [6, 6.07) is 5.79. The summed E-state index contributed by atoms with van der Waals surface area (Å²) in [5, 5.41) is 0. The third kappa shape index (κ3) is 3.13. The minimum absolute atomic E-state index is 0.0780. The van der Waals surface area contributed by atoms with Crippen LogP contribution in [0.5, 0.6) is 0 Å². The second-order valence-corrected chi connectivity index (χ2v) is 6.33. The second kappa shape index (κ2) is 5.33. The second-order valence-electron chi connectivity index (χ2n) is 4.71. The number of rotatable bonds is 3. The Bertz CT molecular complexity index is 782. The lowest BCUT2D eigenvalue weighted by molar-refractivity contribution is 0.595. The van der Waals surface area contributed by atoms with E-state index >= 15 is 0 Å². The van der Waals surface area contributed by atoms with Gasteiger partial charge in [-0.25, -0.2) is 17.2 Å². The van der Waals surface area contributed by atoms with Gasteiger partial charge in [0, 0.05) is 5.69 Å². The Morgan fingerprint density at radius 2 is 1.62 bits per heavy atom. The lowest BCUT2D eigenvalue weighted by Crippen LogP contribution is -2.17. The van der Waals surface area contributed by atoms with Crippen LogP contribution in [0.1, 0.15) is 11.1 Å². The Kier molecular flexibility index (Phi) is 3.87. The molecule has 0 saturated heterocycles. The summed E-state index contributed by atoms with van der Waals surface area (Å²) in [5.41, 5.74) is 5.97. The van der Waals surface area contributed by atoms with Gasteiger partial charge < -0.3 is 5.73 Å². The first-order chi connectivity index (χ1) is 9.70. The molecular weight excluding hydrogens is 298 g/mol. The summed E-state index contributed by atoms with van der Waals surface area (Å²) < 4.78 is 53.8. The fraction of sp³-hybridized carbons (Fsp3) is 0.143. The number of hydrogen-bond donors (Lipinski definition) is 2. The number of halogens is 2. The highest BCUT2D eigenvalue weighted by atomic mass is 32.2. The van der Waals surface area contributed by atoms with Crippen molar-refractivity contribution >= 4 is 21.4 Å². The zero-order valence-corrected chi connectivity index (χ0v) is 12.3. The highest BCUT2D eigenvalue weighted by molar-refractivity contribution is 7.92. The Labute approximate surface area is 121 Å². The highest BCUT2D eigenvalue weighted by Crippen LogP contribution is 2.26. The number of benzene rings is 2. The van der Waals surface area contributed by atoms with E-state index in [1.165, 1.54) is 26.0 Å². The quantitative estimate of drug-likeness (QED) is 0.856. The largest absolute Gasteiger partial charge is 0.399 e. The van der Waals surface area contributed by atoms with Gasteiger partial charge in [0.15, 0.2) is 0 Å². The van der Waals surface area contributed by atoms with E-state index in [-0.39, 0.29) is 27.4 Å². The topological polar surface area (TPSA) is 72.2 Å². The van der Waals surface area contributed by atoms with Crippen LogP contribution in [0, 0.1) is 25.5 Å². The molecule has 0 aliphatic carbocycles. The maximum absolute atomic E-state index is 13.6. The van der Waals surface area contributed by atoms with Crippen LogP contribution in [0.2, 0.25) is 0 Å². The van der Waals surface area contributed by atoms with Crippen molar-refractivity contribution in [1.29, 1.82) is 0 Å². The molecular formula is C14H14F2N2O2S. The maximum atomic E-state index is 13.6. The minimum atomic E-state index is -4.04. The van der Waals surface area contributed by atoms with Crippen molar-refractivity contribution in [1.82, 2.24) is 0 Å². The van der Waals surface area contributed by atoms with Gasteiger partial charge in [-0.05, 0) is 55.3 Å². The molecule has 0 aliphatic heterocycles. The van der Waals surface area contributed by atoms with Gasteiger partial charge >= 0.3 is 0 Å². The zero-order valence-electron chi connectivity index (χ0n) is 11.4. The monoisotopic (exact) mass is 312 g/mol. The van der Waals surface area contributed by atoms with Gasteiger partial charge in [-0.2, -0.15) is 0 Å². The van der Waals surface area contributed by atoms with Gasteiger partial charge in [0.2, 0.25) is 0 Å². The van der Waals surface area contributed by atoms with Crippen molar-refractivity contribution in [3.63, 3.8) is 0 Å². The molecule has 2 aromatic carbocycles. The predicted octanol–water partition coefficient (Wildman–Crippen LogP) is 2.96. The van der Waals surface area contributed by atoms with Gasteiger partial charge in [-0.3, -0.25) is 4.72 Å². The van der Waals surface area contributed by atoms with E-state index in [2.05, 4.69) is 4.72 Å². The number of nitrogens with one attached hydrogen (secondary N) is 1. The van der Waals surface area contributed by atoms with Gasteiger partial charge in [-0.15, -0.1) is 0 Å². The van der Waals surface area contributed by atoms with Crippen LogP contribution in [0.15, 0.2) is 35.2 Å². The maximum Gasteiger partial charge on any atom is 0.262 e. The van der Waals surface area contributed by atoms with Crippen molar-refractivity contribution in [3.8, 4) is 0 Å². The van der Waals surface area contributed by atoms with Crippen LogP contribution < -0.4 is 10.5 Å². The molecule has 0 atom stereocenters. The number of aryl methyl sites for hydroxylation is 2. The van der Waals surface area contributed by atoms with Gasteiger partial charge in [0.25, 0.3) is 10.0 Å². The van der Waals surface area contributed by atoms with Crippen LogP contribution in [-0.2, 0) is 10.0 Å². The first-order valence-electron chi connectivity index (χ1n) is 6.05. The lowest BCUT2D eigenvalue weighted by Gasteiger charge is -2.14. The SMILES string of the molecule is Cc1cc(F)cc(C)c1S(=O)(=O)Nc1cc(N)ccc1F. The number of hydrogen-bond acceptors (Lipinski definition) is 3. The van der Waals surface area contributed by atoms with E-state index < -0.39 is 21.7 Å². The highest BCUT2D eigenvalue weighted by Gasteiger charge is 2.21. The van der Waals surface area contributed by atoms with E-state index in [9.17, 15) is 17.2 Å². The fourth-order valence-electron chi connectivity index (χ4n) is 2.14. The van der Waals surface area contributed by atoms with Crippen molar-refractivity contribution in [2.24, 2.45) is 0 Å². The predicted molar refractivity (Wildman–Crippen MR) is 77.5 cm³/mol. The van der Waals surface area contributed by atoms with Gasteiger partial charge in [0.1, 0.15) is 11.6 Å². The number of nitrogens with two attached hydrogens (primary N) is 1. The summed E-state index contributed by atoms with van der Waals surface area (Å²) in [4.78, 5) is -0.0780. The molecule has 2 rings (SSSR count). The van der Waals surface area contributed by atoms with Crippen molar-refractivity contribution in [2.45, 2.75) is 18.7 Å². The lowest BCUT2D eigenvalue weighted by atomic mass is 10.1. The number of nitrogen functional groups attached to an aromatic ring is 1. The summed E-state index contributed by atoms with van der Waals surface area (Å²) >= 11 is 0. The molecule has 112 valence electrons. The first-order valence-corrected chi connectivity index (χ1v) is 7.53. The molecule has 0 aromatic heterocycles. The molecule has 0 fully saturated rings. The summed E-state index contributed by atoms with van der Waals surface area (Å²) in [5.74, 6) is -1.27. The first kappa shape index (κ1) is 15.2. The van der Waals surface area contributed by atoms with Crippen molar-refractivity contribution < 1.29 is 17.2 Å². The van der Waals surface area contributed by atoms with Crippen molar-refractivity contribution in [2.75, 3.05) is 10.5 Å². The van der Waals surface area contributed by atoms with E-state index in [1.807, 2.05) is 0 Å². The van der Waals surface area contributed by atoms with Crippen LogP contribution in [0.25, 0.3) is 0 Å². The third-order valence-corrected chi connectivity index (χ3v) is 4.60. The van der Waals surface area contributed by atoms with E-state index in [0.717, 1.165) is 18.2 Å². The molecule has 0 spiro atoms. The van der Waals surface area contributed by atoms with Crippen LogP contribution in [-0.4, -0.2) is 8.42 Å². The van der Waals surface area contributed by atoms with E-state index in [0.29, 0.717) is 0 Å². The van der Waals surface area contributed by atoms with Gasteiger partial charge in [0.05, 0.1) is 10.6 Å². The Morgan fingerprint density at radius 3 is 2.19 bits per heavy atom. The standard InChI is InChI=1S/C14H14F2N2O2S/c1-8-5-10(15)6-9(2)14(8)21(19,20)18-13-7-11(17)3-4-12(13)16/h3-7,18H,17H2,1-2H3. The zero-order chi connectivity index (χ0) is 15.8. The average molecular weight is 312 g/mol. The fourth-order valence-corrected chi connectivity index (χ4v) is 3.65. The average Bonchev–Trinajstić information content (AvgIpc) is 2.31. The summed E-state index contributed by atoms with van der Waals surface area (Å²) in [6.45, 7) is 2.95. The number of sulfonamides is 1. The molecule has 2 aromatic rings. The molecule has 0 amide bonds. The molecule has 0 heterocycles. The Morgan fingerprint density at radius 1 is 1.05 bits per heavy atom. The van der Waals surface area contributed by atoms with Crippen molar-refractivity contribution in [3.05, 3.63) is 53.1 Å². The van der Waals surface area contributed by atoms with Crippen LogP contribution >= 0.6 is 0 Å². The van der Waals surface area contributed by atoms with Crippen LogP contribution in [0.4, 0.5) is 20.2 Å². The third-order valence-electron chi connectivity index (χ3n) is 2.93. The normalized spacial score (nSPS) is 11.4.